The number of para-hydroxylation sites is 2. The van der Waals surface area contributed by atoms with Gasteiger partial charge in [0.1, 0.15) is 23.0 Å². The lowest BCUT2D eigenvalue weighted by atomic mass is 9.32. The molecule has 0 spiro atoms. The topological polar surface area (TPSA) is 52.1 Å². The second-order valence-corrected chi connectivity index (χ2v) is 13.6. The summed E-state index contributed by atoms with van der Waals surface area (Å²) in [6.07, 6.45) is 0.810. The van der Waals surface area contributed by atoms with Gasteiger partial charge in [-0.15, -0.1) is 0 Å². The lowest BCUT2D eigenvalue weighted by Crippen LogP contribution is -2.61. The number of nitriles is 1. The molecule has 9 aromatic rings. The van der Waals surface area contributed by atoms with Crippen LogP contribution >= 0.6 is 0 Å². The predicted molar refractivity (Wildman–Crippen MR) is 200 cm³/mol. The van der Waals surface area contributed by atoms with Gasteiger partial charge in [-0.25, -0.2) is 0 Å². The number of rotatable bonds is 2. The summed E-state index contributed by atoms with van der Waals surface area (Å²) in [5.74, 6) is 3.59. The van der Waals surface area contributed by atoms with Crippen molar-refractivity contribution in [2.75, 3.05) is 0 Å². The van der Waals surface area contributed by atoms with E-state index >= 15 is 0 Å². The molecule has 12 rings (SSSR count). The van der Waals surface area contributed by atoms with Crippen LogP contribution in [-0.4, -0.2) is 15.8 Å². The number of fused-ring (bicyclic) bond motifs is 7. The van der Waals surface area contributed by atoms with Crippen LogP contribution in [-0.2, 0) is 6.42 Å². The summed E-state index contributed by atoms with van der Waals surface area (Å²) in [5.41, 5.74) is 13.4. The van der Waals surface area contributed by atoms with Crippen molar-refractivity contribution in [1.82, 2.24) is 9.13 Å². The van der Waals surface area contributed by atoms with Gasteiger partial charge in [-0.3, -0.25) is 0 Å². The summed E-state index contributed by atoms with van der Waals surface area (Å²) in [6, 6.07) is 49.3. The van der Waals surface area contributed by atoms with Crippen LogP contribution in [0.1, 0.15) is 16.7 Å². The van der Waals surface area contributed by atoms with Crippen molar-refractivity contribution in [3.05, 3.63) is 150 Å². The van der Waals surface area contributed by atoms with Gasteiger partial charge in [0.05, 0.1) is 39.4 Å². The van der Waals surface area contributed by atoms with Gasteiger partial charge >= 0.3 is 0 Å². The Hall–Kier alpha value is -6.71. The second-order valence-electron chi connectivity index (χ2n) is 13.6. The van der Waals surface area contributed by atoms with Crippen LogP contribution in [0.15, 0.2) is 133 Å². The monoisotopic (exact) mass is 637 g/mol. The van der Waals surface area contributed by atoms with E-state index in [0.717, 1.165) is 68.3 Å². The van der Waals surface area contributed by atoms with Gasteiger partial charge in [0.25, 0.3) is 6.71 Å². The van der Waals surface area contributed by atoms with Crippen molar-refractivity contribution in [3.8, 4) is 40.4 Å². The zero-order valence-electron chi connectivity index (χ0n) is 26.6. The minimum atomic E-state index is 0.0837. The van der Waals surface area contributed by atoms with Gasteiger partial charge in [-0.1, -0.05) is 66.7 Å². The van der Waals surface area contributed by atoms with E-state index in [1.807, 2.05) is 24.3 Å². The van der Waals surface area contributed by atoms with Gasteiger partial charge in [0.2, 0.25) is 0 Å². The molecule has 0 aliphatic carbocycles. The van der Waals surface area contributed by atoms with E-state index in [-0.39, 0.29) is 6.71 Å². The molecular formula is C44H24BN3O2. The molecule has 50 heavy (non-hydrogen) atoms. The van der Waals surface area contributed by atoms with Crippen molar-refractivity contribution < 1.29 is 9.47 Å². The molecule has 6 heteroatoms. The van der Waals surface area contributed by atoms with Crippen molar-refractivity contribution >= 4 is 66.7 Å². The van der Waals surface area contributed by atoms with Crippen LogP contribution in [0.3, 0.4) is 0 Å². The summed E-state index contributed by atoms with van der Waals surface area (Å²) in [5, 5.41) is 14.5. The molecule has 2 aromatic heterocycles. The fourth-order valence-corrected chi connectivity index (χ4v) is 9.15. The lowest BCUT2D eigenvalue weighted by Gasteiger charge is -2.38. The van der Waals surface area contributed by atoms with Crippen molar-refractivity contribution in [2.24, 2.45) is 0 Å². The third kappa shape index (κ3) is 3.22. The normalized spacial score (nSPS) is 13.4. The molecule has 0 saturated carbocycles. The van der Waals surface area contributed by atoms with E-state index in [0.29, 0.717) is 5.56 Å². The molecule has 3 aliphatic heterocycles. The van der Waals surface area contributed by atoms with Crippen molar-refractivity contribution in [2.45, 2.75) is 6.42 Å². The van der Waals surface area contributed by atoms with E-state index in [1.54, 1.807) is 0 Å². The van der Waals surface area contributed by atoms with Crippen LogP contribution in [0.4, 0.5) is 0 Å². The highest BCUT2D eigenvalue weighted by atomic mass is 16.5. The molecule has 230 valence electrons. The fraction of sp³-hybridized carbons (Fsp3) is 0.0227. The van der Waals surface area contributed by atoms with Gasteiger partial charge in [0.15, 0.2) is 0 Å². The van der Waals surface area contributed by atoms with E-state index in [4.69, 9.17) is 9.47 Å². The zero-order chi connectivity index (χ0) is 32.7. The summed E-state index contributed by atoms with van der Waals surface area (Å²) >= 11 is 0. The molecule has 0 N–H and O–H groups in total. The average Bonchev–Trinajstić information content (AvgIpc) is 3.68. The Morgan fingerprint density at radius 2 is 1.22 bits per heavy atom. The molecule has 5 nitrogen and oxygen atoms in total. The first-order chi connectivity index (χ1) is 24.7. The summed E-state index contributed by atoms with van der Waals surface area (Å²) < 4.78 is 18.0. The molecule has 5 heterocycles. The summed E-state index contributed by atoms with van der Waals surface area (Å²) in [4.78, 5) is 0. The van der Waals surface area contributed by atoms with Crippen molar-refractivity contribution in [1.29, 1.82) is 5.26 Å². The number of nitrogens with zero attached hydrogens (tertiary/aromatic N) is 3. The number of hydrogen-bond donors (Lipinski definition) is 0. The lowest BCUT2D eigenvalue weighted by molar-refractivity contribution is 0.463. The molecule has 0 radical (unpaired) electrons. The molecule has 0 bridgehead atoms. The number of benzene rings is 7. The van der Waals surface area contributed by atoms with Crippen LogP contribution < -0.4 is 25.9 Å². The van der Waals surface area contributed by atoms with Crippen LogP contribution in [0, 0.1) is 11.3 Å². The highest BCUT2D eigenvalue weighted by Gasteiger charge is 2.45. The zero-order valence-corrected chi connectivity index (χ0v) is 26.6. The van der Waals surface area contributed by atoms with Gasteiger partial charge in [-0.2, -0.15) is 5.26 Å². The summed E-state index contributed by atoms with van der Waals surface area (Å²) in [7, 11) is 0. The van der Waals surface area contributed by atoms with E-state index in [1.165, 1.54) is 43.6 Å². The van der Waals surface area contributed by atoms with Crippen LogP contribution in [0.5, 0.6) is 23.0 Å². The first kappa shape index (κ1) is 26.3. The van der Waals surface area contributed by atoms with E-state index in [2.05, 4.69) is 124 Å². The molecule has 3 aliphatic rings. The Morgan fingerprint density at radius 3 is 2.06 bits per heavy atom. The Bertz CT molecular complexity index is 2980. The fourth-order valence-electron chi connectivity index (χ4n) is 9.15. The quantitative estimate of drug-likeness (QED) is 0.179. The molecule has 0 unspecified atom stereocenters. The largest absolute Gasteiger partial charge is 0.458 e. The highest BCUT2D eigenvalue weighted by molar-refractivity contribution is 6.99. The minimum absolute atomic E-state index is 0.0837. The second kappa shape index (κ2) is 9.25. The third-order valence-electron chi connectivity index (χ3n) is 11.0. The summed E-state index contributed by atoms with van der Waals surface area (Å²) in [6.45, 7) is 0.0837. The Balaban J connectivity index is 1.18. The smallest absolute Gasteiger partial charge is 0.261 e. The third-order valence-corrected chi connectivity index (χ3v) is 11.0. The molecule has 0 saturated heterocycles. The average molecular weight is 638 g/mol. The Morgan fingerprint density at radius 1 is 0.520 bits per heavy atom. The Kier molecular flexibility index (Phi) is 4.86. The maximum Gasteiger partial charge on any atom is 0.261 e. The minimum Gasteiger partial charge on any atom is -0.458 e. The van der Waals surface area contributed by atoms with Gasteiger partial charge in [0, 0.05) is 38.8 Å². The standard InChI is InChI=1S/C44H24BN3O2/c46-24-25-8-5-10-28(20-25)48-33-13-3-1-11-30(33)31-18-19-35-40(44(31)48)32-12-2-4-14-34(32)47(35)29-22-27-21-26-9-6-15-36-41(26)45-42(27)39(23-29)50-38-17-7-16-37(49-36)43(38)45/h1-20,22-23H,21H2. The molecule has 7 aromatic carbocycles. The van der Waals surface area contributed by atoms with Crippen molar-refractivity contribution in [3.63, 3.8) is 0 Å². The molecule has 0 amide bonds. The Labute approximate surface area is 286 Å². The van der Waals surface area contributed by atoms with Crippen LogP contribution in [0.25, 0.3) is 55.0 Å². The number of ether oxygens (including phenoxy) is 2. The van der Waals surface area contributed by atoms with E-state index < -0.39 is 0 Å². The highest BCUT2D eigenvalue weighted by Crippen LogP contribution is 2.44. The maximum atomic E-state index is 9.82. The SMILES string of the molecule is N#Cc1cccc(-n2c3ccccc3c3ccc4c(c5ccccc5n4-c4cc5c6c(c4)Oc4cccc7c4B6c4c(cccc4O7)C5)c32)c1. The van der Waals surface area contributed by atoms with Crippen LogP contribution in [0.2, 0.25) is 0 Å². The molecular weight excluding hydrogens is 613 g/mol. The molecule has 0 atom stereocenters. The molecule has 0 fully saturated rings. The van der Waals surface area contributed by atoms with E-state index in [9.17, 15) is 5.26 Å². The predicted octanol–water partition coefficient (Wildman–Crippen LogP) is 8.38. The first-order valence-corrected chi connectivity index (χ1v) is 17.0. The van der Waals surface area contributed by atoms with Gasteiger partial charge < -0.3 is 18.6 Å². The van der Waals surface area contributed by atoms with Gasteiger partial charge in [-0.05, 0) is 89.1 Å². The number of hydrogen-bond acceptors (Lipinski definition) is 3. The first-order valence-electron chi connectivity index (χ1n) is 17.0. The maximum absolute atomic E-state index is 9.82. The number of aromatic nitrogens is 2.